The minimum Gasteiger partial charge on any atom is -0.477 e. The fourth-order valence-corrected chi connectivity index (χ4v) is 1.86. The third-order valence-corrected chi connectivity index (χ3v) is 2.94. The van der Waals surface area contributed by atoms with Crippen LogP contribution in [-0.2, 0) is 0 Å². The number of rotatable bonds is 8. The smallest absolute Gasteiger partial charge is 0.221 e. The number of aromatic nitrogens is 2. The minimum atomic E-state index is 0.711. The number of hydrogen-bond donors (Lipinski definition) is 1. The van der Waals surface area contributed by atoms with Crippen LogP contribution in [0.15, 0.2) is 0 Å². The highest BCUT2D eigenvalue weighted by Gasteiger charge is 2.08. The molecule has 0 amide bonds. The lowest BCUT2D eigenvalue weighted by atomic mass is 10.2. The highest BCUT2D eigenvalue weighted by molar-refractivity contribution is 5.47. The Kier molecular flexibility index (Phi) is 6.47. The average Bonchev–Trinajstić information content (AvgIpc) is 2.37. The van der Waals surface area contributed by atoms with Crippen LogP contribution in [0.25, 0.3) is 0 Å². The van der Waals surface area contributed by atoms with E-state index in [4.69, 9.17) is 4.74 Å². The van der Waals surface area contributed by atoms with E-state index in [1.807, 2.05) is 20.9 Å². The summed E-state index contributed by atoms with van der Waals surface area (Å²) in [4.78, 5) is 8.66. The van der Waals surface area contributed by atoms with Crippen LogP contribution in [0.3, 0.4) is 0 Å². The Labute approximate surface area is 110 Å². The summed E-state index contributed by atoms with van der Waals surface area (Å²) in [5.74, 6) is 2.30. The molecule has 0 saturated carbocycles. The molecule has 0 radical (unpaired) electrons. The Morgan fingerprint density at radius 2 is 1.78 bits per heavy atom. The molecule has 0 atom stereocenters. The van der Waals surface area contributed by atoms with Crippen LogP contribution in [0.2, 0.25) is 0 Å². The fraction of sp³-hybridized carbons (Fsp3) is 0.714. The molecule has 0 bridgehead atoms. The van der Waals surface area contributed by atoms with Gasteiger partial charge in [0.05, 0.1) is 12.2 Å². The highest BCUT2D eigenvalue weighted by Crippen LogP contribution is 2.21. The second-order valence-electron chi connectivity index (χ2n) is 4.56. The summed E-state index contributed by atoms with van der Waals surface area (Å²) in [6.07, 6.45) is 6.21. The fourth-order valence-electron chi connectivity index (χ4n) is 1.86. The van der Waals surface area contributed by atoms with Gasteiger partial charge in [0.2, 0.25) is 5.88 Å². The topological polar surface area (TPSA) is 47.0 Å². The molecule has 0 spiro atoms. The Bertz CT molecular complexity index is 366. The van der Waals surface area contributed by atoms with E-state index < -0.39 is 0 Å². The van der Waals surface area contributed by atoms with Crippen LogP contribution < -0.4 is 10.1 Å². The van der Waals surface area contributed by atoms with Crippen molar-refractivity contribution in [2.45, 2.75) is 52.9 Å². The van der Waals surface area contributed by atoms with Gasteiger partial charge in [0.15, 0.2) is 0 Å². The maximum atomic E-state index is 5.75. The quantitative estimate of drug-likeness (QED) is 0.718. The maximum Gasteiger partial charge on any atom is 0.221 e. The second kappa shape index (κ2) is 7.90. The molecule has 0 aliphatic rings. The van der Waals surface area contributed by atoms with E-state index in [-0.39, 0.29) is 0 Å². The molecule has 1 aromatic heterocycles. The van der Waals surface area contributed by atoms with Crippen molar-refractivity contribution < 1.29 is 4.74 Å². The Morgan fingerprint density at radius 1 is 1.06 bits per heavy atom. The first-order valence-corrected chi connectivity index (χ1v) is 6.84. The van der Waals surface area contributed by atoms with Crippen LogP contribution in [0.4, 0.5) is 5.82 Å². The average molecular weight is 251 g/mol. The monoisotopic (exact) mass is 251 g/mol. The van der Waals surface area contributed by atoms with Gasteiger partial charge in [0.1, 0.15) is 11.6 Å². The molecule has 0 fully saturated rings. The van der Waals surface area contributed by atoms with Crippen molar-refractivity contribution in [1.82, 2.24) is 9.97 Å². The predicted molar refractivity (Wildman–Crippen MR) is 75.3 cm³/mol. The first kappa shape index (κ1) is 14.7. The largest absolute Gasteiger partial charge is 0.477 e. The standard InChI is InChI=1S/C14H25N3O/c1-5-6-7-8-9-10-18-14-11(2)13(15-4)16-12(3)17-14/h5-10H2,1-4H3,(H,15,16,17). The van der Waals surface area contributed by atoms with Gasteiger partial charge in [-0.2, -0.15) is 4.98 Å². The lowest BCUT2D eigenvalue weighted by molar-refractivity contribution is 0.290. The minimum absolute atomic E-state index is 0.711. The molecule has 1 N–H and O–H groups in total. The van der Waals surface area contributed by atoms with Crippen molar-refractivity contribution in [2.24, 2.45) is 0 Å². The number of nitrogens with zero attached hydrogens (tertiary/aromatic N) is 2. The number of ether oxygens (including phenoxy) is 1. The van der Waals surface area contributed by atoms with E-state index in [9.17, 15) is 0 Å². The van der Waals surface area contributed by atoms with Gasteiger partial charge in [-0.15, -0.1) is 0 Å². The third-order valence-electron chi connectivity index (χ3n) is 2.94. The van der Waals surface area contributed by atoms with Crippen LogP contribution >= 0.6 is 0 Å². The number of anilines is 1. The van der Waals surface area contributed by atoms with Crippen LogP contribution in [0.1, 0.15) is 50.4 Å². The van der Waals surface area contributed by atoms with E-state index in [1.54, 1.807) is 0 Å². The van der Waals surface area contributed by atoms with Crippen molar-refractivity contribution in [2.75, 3.05) is 19.0 Å². The second-order valence-corrected chi connectivity index (χ2v) is 4.56. The molecule has 0 aliphatic carbocycles. The molecule has 0 saturated heterocycles. The van der Waals surface area contributed by atoms with E-state index >= 15 is 0 Å². The SMILES string of the molecule is CCCCCCCOc1nc(C)nc(NC)c1C. The van der Waals surface area contributed by atoms with Crippen LogP contribution in [0.5, 0.6) is 5.88 Å². The number of hydrogen-bond acceptors (Lipinski definition) is 4. The lowest BCUT2D eigenvalue weighted by Crippen LogP contribution is -2.06. The van der Waals surface area contributed by atoms with Crippen molar-refractivity contribution in [3.05, 3.63) is 11.4 Å². The van der Waals surface area contributed by atoms with Gasteiger partial charge >= 0.3 is 0 Å². The first-order valence-electron chi connectivity index (χ1n) is 6.84. The molecule has 1 heterocycles. The summed E-state index contributed by atoms with van der Waals surface area (Å²) >= 11 is 0. The van der Waals surface area contributed by atoms with Gasteiger partial charge in [0, 0.05) is 7.05 Å². The Morgan fingerprint density at radius 3 is 2.44 bits per heavy atom. The molecule has 0 aliphatic heterocycles. The summed E-state index contributed by atoms with van der Waals surface area (Å²) in [7, 11) is 1.86. The number of nitrogens with one attached hydrogen (secondary N) is 1. The molecule has 0 aromatic carbocycles. The molecule has 0 unspecified atom stereocenters. The van der Waals surface area contributed by atoms with Crippen LogP contribution in [-0.4, -0.2) is 23.6 Å². The number of unbranched alkanes of at least 4 members (excludes halogenated alkanes) is 4. The highest BCUT2D eigenvalue weighted by atomic mass is 16.5. The zero-order valence-corrected chi connectivity index (χ0v) is 12.0. The molecular weight excluding hydrogens is 226 g/mol. The first-order chi connectivity index (χ1) is 8.69. The van der Waals surface area contributed by atoms with Gasteiger partial charge in [-0.1, -0.05) is 32.6 Å². The van der Waals surface area contributed by atoms with Gasteiger partial charge in [-0.3, -0.25) is 0 Å². The summed E-state index contributed by atoms with van der Waals surface area (Å²) in [6, 6.07) is 0. The van der Waals surface area contributed by atoms with Crippen LogP contribution in [0, 0.1) is 13.8 Å². The van der Waals surface area contributed by atoms with E-state index in [0.717, 1.165) is 30.2 Å². The lowest BCUT2D eigenvalue weighted by Gasteiger charge is -2.11. The van der Waals surface area contributed by atoms with Crippen molar-refractivity contribution in [1.29, 1.82) is 0 Å². The molecule has 18 heavy (non-hydrogen) atoms. The van der Waals surface area contributed by atoms with E-state index in [0.29, 0.717) is 5.88 Å². The van der Waals surface area contributed by atoms with Gasteiger partial charge < -0.3 is 10.1 Å². The van der Waals surface area contributed by atoms with Crippen molar-refractivity contribution >= 4 is 5.82 Å². The van der Waals surface area contributed by atoms with Crippen molar-refractivity contribution in [3.63, 3.8) is 0 Å². The van der Waals surface area contributed by atoms with Gasteiger partial charge in [0.25, 0.3) is 0 Å². The molecular formula is C14H25N3O. The Hall–Kier alpha value is -1.32. The van der Waals surface area contributed by atoms with Gasteiger partial charge in [-0.25, -0.2) is 4.98 Å². The maximum absolute atomic E-state index is 5.75. The summed E-state index contributed by atoms with van der Waals surface area (Å²) in [5.41, 5.74) is 0.983. The molecule has 4 nitrogen and oxygen atoms in total. The summed E-state index contributed by atoms with van der Waals surface area (Å²) < 4.78 is 5.75. The molecule has 1 aromatic rings. The third kappa shape index (κ3) is 4.51. The molecule has 4 heteroatoms. The number of aryl methyl sites for hydroxylation is 1. The normalized spacial score (nSPS) is 10.4. The van der Waals surface area contributed by atoms with Gasteiger partial charge in [-0.05, 0) is 20.3 Å². The molecule has 102 valence electrons. The van der Waals surface area contributed by atoms with E-state index in [2.05, 4.69) is 22.2 Å². The summed E-state index contributed by atoms with van der Waals surface area (Å²) in [6.45, 7) is 6.83. The predicted octanol–water partition coefficient (Wildman–Crippen LogP) is 3.48. The summed E-state index contributed by atoms with van der Waals surface area (Å²) in [5, 5.41) is 3.06. The molecule has 1 rings (SSSR count). The zero-order valence-electron chi connectivity index (χ0n) is 12.0. The Balaban J connectivity index is 2.44. The van der Waals surface area contributed by atoms with E-state index in [1.165, 1.54) is 25.7 Å². The van der Waals surface area contributed by atoms with Crippen molar-refractivity contribution in [3.8, 4) is 5.88 Å². The zero-order chi connectivity index (χ0) is 13.4.